The van der Waals surface area contributed by atoms with Crippen LogP contribution in [0.15, 0.2) is 60.7 Å². The molecule has 14 heteroatoms. The molecule has 4 unspecified atom stereocenters. The molecule has 2 aromatic rings. The van der Waals surface area contributed by atoms with Crippen LogP contribution in [0.2, 0.25) is 0 Å². The molecule has 4 rings (SSSR count). The lowest BCUT2D eigenvalue weighted by atomic mass is 9.93. The number of aryl methyl sites for hydroxylation is 1. The molecule has 0 spiro atoms. The monoisotopic (exact) mass is 829 g/mol. The molecule has 0 aromatic heterocycles. The summed E-state index contributed by atoms with van der Waals surface area (Å²) in [4.78, 5) is 86.6. The quantitative estimate of drug-likeness (QED) is 0.0617. The summed E-state index contributed by atoms with van der Waals surface area (Å²) in [7, 11) is 0. The first-order valence-electron chi connectivity index (χ1n) is 21.0. The number of rotatable bonds is 24. The van der Waals surface area contributed by atoms with E-state index in [4.69, 9.17) is 20.6 Å². The number of esters is 1. The molecular weight excluding hydrogens is 767 g/mol. The van der Waals surface area contributed by atoms with Gasteiger partial charge in [0, 0.05) is 25.9 Å². The van der Waals surface area contributed by atoms with Crippen LogP contribution in [-0.4, -0.2) is 121 Å². The van der Waals surface area contributed by atoms with Crippen LogP contribution in [-0.2, 0) is 55.8 Å². The molecule has 60 heavy (non-hydrogen) atoms. The van der Waals surface area contributed by atoms with Crippen molar-refractivity contribution in [3.8, 4) is 12.3 Å². The van der Waals surface area contributed by atoms with Crippen LogP contribution in [0.25, 0.3) is 0 Å². The number of carbonyl (C=O) groups is 6. The van der Waals surface area contributed by atoms with Crippen LogP contribution in [0, 0.1) is 24.2 Å². The molecule has 5 atom stereocenters. The third-order valence-electron chi connectivity index (χ3n) is 10.5. The summed E-state index contributed by atoms with van der Waals surface area (Å²) in [6, 6.07) is 14.5. The molecule has 2 heterocycles. The Bertz CT molecular complexity index is 1770. The number of hydrogen-bond acceptors (Lipinski definition) is 10. The molecule has 2 aromatic carbocycles. The van der Waals surface area contributed by atoms with Crippen LogP contribution < -0.4 is 16.0 Å². The minimum atomic E-state index is -1.15. The highest BCUT2D eigenvalue weighted by Gasteiger charge is 2.50. The Morgan fingerprint density at radius 3 is 1.95 bits per heavy atom. The number of nitrogens with zero attached hydrogens (tertiary/aromatic N) is 2. The fourth-order valence-corrected chi connectivity index (χ4v) is 7.04. The van der Waals surface area contributed by atoms with E-state index in [1.165, 1.54) is 4.90 Å². The first-order valence-corrected chi connectivity index (χ1v) is 21.0. The highest BCUT2D eigenvalue weighted by molar-refractivity contribution is 5.99. The molecule has 2 fully saturated rings. The Hall–Kier alpha value is -5.10. The van der Waals surface area contributed by atoms with E-state index >= 15 is 0 Å². The smallest absolute Gasteiger partial charge is 0.308 e. The summed E-state index contributed by atoms with van der Waals surface area (Å²) in [6.07, 6.45) is 6.70. The zero-order valence-electron chi connectivity index (χ0n) is 35.8. The minimum absolute atomic E-state index is 0.0435. The van der Waals surface area contributed by atoms with Crippen LogP contribution in [0.3, 0.4) is 0 Å². The fourth-order valence-electron chi connectivity index (χ4n) is 7.04. The summed E-state index contributed by atoms with van der Waals surface area (Å²) in [5.74, 6) is -0.635. The van der Waals surface area contributed by atoms with Crippen molar-refractivity contribution in [3.63, 3.8) is 0 Å². The van der Waals surface area contributed by atoms with Crippen molar-refractivity contribution < 1.29 is 43.0 Å². The van der Waals surface area contributed by atoms with Crippen LogP contribution >= 0.6 is 0 Å². The maximum Gasteiger partial charge on any atom is 0.308 e. The summed E-state index contributed by atoms with van der Waals surface area (Å²) >= 11 is 0. The molecule has 0 radical (unpaired) electrons. The van der Waals surface area contributed by atoms with Gasteiger partial charge in [-0.05, 0) is 55.6 Å². The van der Waals surface area contributed by atoms with E-state index in [9.17, 15) is 28.8 Å². The molecule has 2 aliphatic rings. The summed E-state index contributed by atoms with van der Waals surface area (Å²) in [5.41, 5.74) is 0.732. The van der Waals surface area contributed by atoms with Gasteiger partial charge in [-0.2, -0.15) is 0 Å². The SMILES string of the molecule is C#CCCC(=O)OCN(C(=O)CN1CCOCC1)C(CCc1ccccc1)C(=O)NC(CC(C)C)C(=O)NC(Cc1ccccc1)C(=O)NC(CC(C)C)C(=O)[C@@]1(C)CO1. The van der Waals surface area contributed by atoms with E-state index in [1.807, 2.05) is 93.3 Å². The Morgan fingerprint density at radius 1 is 0.817 bits per heavy atom. The number of morpholine rings is 1. The van der Waals surface area contributed by atoms with Crippen molar-refractivity contribution in [3.05, 3.63) is 71.8 Å². The van der Waals surface area contributed by atoms with Crippen molar-refractivity contribution in [2.24, 2.45) is 11.8 Å². The summed E-state index contributed by atoms with van der Waals surface area (Å²) in [5, 5.41) is 8.73. The normalized spacial score (nSPS) is 18.3. The van der Waals surface area contributed by atoms with Gasteiger partial charge in [-0.15, -0.1) is 12.3 Å². The summed E-state index contributed by atoms with van der Waals surface area (Å²) < 4.78 is 16.4. The van der Waals surface area contributed by atoms with Crippen LogP contribution in [0.5, 0.6) is 0 Å². The number of ketones is 1. The largest absolute Gasteiger partial charge is 0.444 e. The topological polar surface area (TPSA) is 176 Å². The van der Waals surface area contributed by atoms with Gasteiger partial charge in [0.1, 0.15) is 23.7 Å². The molecule has 4 amide bonds. The second-order valence-corrected chi connectivity index (χ2v) is 16.7. The highest BCUT2D eigenvalue weighted by atomic mass is 16.6. The van der Waals surface area contributed by atoms with E-state index in [0.29, 0.717) is 39.1 Å². The minimum Gasteiger partial charge on any atom is -0.444 e. The van der Waals surface area contributed by atoms with E-state index in [2.05, 4.69) is 21.9 Å². The number of nitrogens with one attached hydrogen (secondary N) is 3. The van der Waals surface area contributed by atoms with E-state index in [0.717, 1.165) is 11.1 Å². The number of epoxide rings is 1. The van der Waals surface area contributed by atoms with Crippen molar-refractivity contribution >= 4 is 35.4 Å². The van der Waals surface area contributed by atoms with Crippen molar-refractivity contribution in [2.45, 2.75) is 109 Å². The number of amides is 4. The fraction of sp³-hybridized carbons (Fsp3) is 0.565. The van der Waals surface area contributed by atoms with Gasteiger partial charge in [0.25, 0.3) is 0 Å². The lowest BCUT2D eigenvalue weighted by molar-refractivity contribution is -0.159. The Kier molecular flexibility index (Phi) is 18.7. The maximum absolute atomic E-state index is 14.6. The molecular formula is C46H63N5O9. The van der Waals surface area contributed by atoms with Gasteiger partial charge in [0.05, 0.1) is 38.8 Å². The van der Waals surface area contributed by atoms with Crippen LogP contribution in [0.4, 0.5) is 0 Å². The maximum atomic E-state index is 14.6. The van der Waals surface area contributed by atoms with Crippen LogP contribution in [0.1, 0.15) is 77.8 Å². The summed E-state index contributed by atoms with van der Waals surface area (Å²) in [6.45, 7) is 11.1. The number of Topliss-reactive ketones (excluding diaryl/α,β-unsaturated/α-hetero) is 1. The zero-order valence-corrected chi connectivity index (χ0v) is 35.8. The van der Waals surface area contributed by atoms with Gasteiger partial charge in [0.15, 0.2) is 12.5 Å². The molecule has 14 nitrogen and oxygen atoms in total. The Morgan fingerprint density at radius 2 is 1.37 bits per heavy atom. The second-order valence-electron chi connectivity index (χ2n) is 16.7. The van der Waals surface area contributed by atoms with E-state index < -0.39 is 66.1 Å². The number of ether oxygens (including phenoxy) is 3. The molecule has 0 aliphatic carbocycles. The molecule has 0 bridgehead atoms. The standard InChI is InChI=1S/C46H63N5O9/c1-7-8-19-41(53)59-31-51(40(52)29-50-22-24-58-25-23-50)39(21-20-34-15-11-9-12-16-34)45(57)49-37(27-33(4)5)43(55)48-38(28-35-17-13-10-14-18-35)44(56)47-36(26-32(2)3)42(54)46(6)30-60-46/h1,9-18,32-33,36-39H,8,19-31H2,2-6H3,(H,47,56)(H,48,55)(H,49,57)/t36?,37?,38?,39?,46-/m1/s1. The average molecular weight is 830 g/mol. The van der Waals surface area contributed by atoms with Gasteiger partial charge >= 0.3 is 5.97 Å². The van der Waals surface area contributed by atoms with E-state index in [-0.39, 0.29) is 62.9 Å². The first kappa shape index (κ1) is 47.6. The first-order chi connectivity index (χ1) is 28.7. The Labute approximate surface area is 354 Å². The predicted octanol–water partition coefficient (Wildman–Crippen LogP) is 3.21. The van der Waals surface area contributed by atoms with Crippen molar-refractivity contribution in [1.82, 2.24) is 25.8 Å². The molecule has 326 valence electrons. The average Bonchev–Trinajstić information content (AvgIpc) is 3.98. The van der Waals surface area contributed by atoms with Gasteiger partial charge in [0.2, 0.25) is 23.6 Å². The number of carbonyl (C=O) groups excluding carboxylic acids is 6. The lowest BCUT2D eigenvalue weighted by Crippen LogP contribution is -2.60. The van der Waals surface area contributed by atoms with Gasteiger partial charge < -0.3 is 30.2 Å². The molecule has 3 N–H and O–H groups in total. The number of benzene rings is 2. The van der Waals surface area contributed by atoms with Crippen molar-refractivity contribution in [2.75, 3.05) is 46.2 Å². The second kappa shape index (κ2) is 23.6. The van der Waals surface area contributed by atoms with Gasteiger partial charge in [-0.1, -0.05) is 88.4 Å². The molecule has 2 aliphatic heterocycles. The van der Waals surface area contributed by atoms with E-state index in [1.54, 1.807) is 6.92 Å². The Balaban J connectivity index is 1.63. The number of hydrogen-bond donors (Lipinski definition) is 3. The van der Waals surface area contributed by atoms with Gasteiger partial charge in [-0.3, -0.25) is 38.6 Å². The third-order valence-corrected chi connectivity index (χ3v) is 10.5. The third kappa shape index (κ3) is 15.5. The zero-order chi connectivity index (χ0) is 43.7. The highest BCUT2D eigenvalue weighted by Crippen LogP contribution is 2.30. The van der Waals surface area contributed by atoms with Crippen molar-refractivity contribution in [1.29, 1.82) is 0 Å². The molecule has 2 saturated heterocycles. The van der Waals surface area contributed by atoms with Gasteiger partial charge in [-0.25, -0.2) is 0 Å². The lowest BCUT2D eigenvalue weighted by Gasteiger charge is -2.34. The number of terminal acetylenes is 1. The predicted molar refractivity (Wildman–Crippen MR) is 226 cm³/mol. The molecule has 0 saturated carbocycles.